The number of ether oxygens (including phenoxy) is 1. The smallest absolute Gasteiger partial charge is 0.222 e. The molecule has 5 heteroatoms. The van der Waals surface area contributed by atoms with Gasteiger partial charge >= 0.3 is 0 Å². The molecule has 142 valence electrons. The van der Waals surface area contributed by atoms with Crippen molar-refractivity contribution in [3.05, 3.63) is 35.9 Å². The van der Waals surface area contributed by atoms with Crippen LogP contribution in [0.15, 0.2) is 30.3 Å². The Morgan fingerprint density at radius 3 is 2.88 bits per heavy atom. The Labute approximate surface area is 156 Å². The lowest BCUT2D eigenvalue weighted by atomic mass is 9.94. The highest BCUT2D eigenvalue weighted by Gasteiger charge is 2.27. The van der Waals surface area contributed by atoms with Gasteiger partial charge in [-0.05, 0) is 50.5 Å². The van der Waals surface area contributed by atoms with Gasteiger partial charge in [-0.15, -0.1) is 0 Å². The zero-order valence-electron chi connectivity index (χ0n) is 15.5. The fourth-order valence-electron chi connectivity index (χ4n) is 3.58. The minimum absolute atomic E-state index is 0.130. The maximum Gasteiger partial charge on any atom is 0.222 e. The summed E-state index contributed by atoms with van der Waals surface area (Å²) in [6, 6.07) is 12.2. The first-order valence-electron chi connectivity index (χ1n) is 9.67. The number of benzene rings is 1. The van der Waals surface area contributed by atoms with Crippen molar-refractivity contribution in [3.63, 3.8) is 0 Å². The first-order valence-corrected chi connectivity index (χ1v) is 9.67. The van der Waals surface area contributed by atoms with Gasteiger partial charge in [0.25, 0.3) is 0 Å². The zero-order valence-corrected chi connectivity index (χ0v) is 15.5. The van der Waals surface area contributed by atoms with E-state index in [2.05, 4.69) is 0 Å². The molecule has 5 nitrogen and oxygen atoms in total. The third-order valence-corrected chi connectivity index (χ3v) is 4.94. The van der Waals surface area contributed by atoms with Crippen molar-refractivity contribution in [1.29, 1.82) is 5.26 Å². The Morgan fingerprint density at radius 2 is 2.12 bits per heavy atom. The molecule has 0 bridgehead atoms. The number of nitriles is 1. The van der Waals surface area contributed by atoms with E-state index in [1.807, 2.05) is 41.3 Å². The first kappa shape index (κ1) is 20.4. The van der Waals surface area contributed by atoms with E-state index in [-0.39, 0.29) is 24.7 Å². The second-order valence-electron chi connectivity index (χ2n) is 6.97. The standard InChI is InChI=1S/C21H30N2O3/c22-13-16-26-15-5-4-14-23-19(9-6-10-21(23)25)11-12-20(24)17-18-7-2-1-3-8-18/h1-3,7-8,19-20,24H,4-6,9-12,14-17H2/t19?,20-/m1/s1. The molecule has 0 aliphatic carbocycles. The van der Waals surface area contributed by atoms with Crippen molar-refractivity contribution in [2.24, 2.45) is 0 Å². The SMILES string of the molecule is N#CCOCCCCN1C(=O)CCCC1CC[C@@H](O)Cc1ccccc1. The molecule has 1 aliphatic heterocycles. The molecule has 0 saturated carbocycles. The number of aliphatic hydroxyl groups excluding tert-OH is 1. The van der Waals surface area contributed by atoms with Crippen LogP contribution in [0.5, 0.6) is 0 Å². The molecule has 2 rings (SSSR count). The minimum atomic E-state index is -0.365. The van der Waals surface area contributed by atoms with Crippen LogP contribution in [0, 0.1) is 11.3 Å². The molecule has 1 N–H and O–H groups in total. The van der Waals surface area contributed by atoms with E-state index in [1.165, 1.54) is 0 Å². The van der Waals surface area contributed by atoms with Crippen LogP contribution in [-0.2, 0) is 16.0 Å². The molecular formula is C21H30N2O3. The van der Waals surface area contributed by atoms with Crippen molar-refractivity contribution in [1.82, 2.24) is 4.90 Å². The number of hydrogen-bond acceptors (Lipinski definition) is 4. The van der Waals surface area contributed by atoms with Crippen LogP contribution < -0.4 is 0 Å². The van der Waals surface area contributed by atoms with Gasteiger partial charge in [0.1, 0.15) is 6.61 Å². The molecule has 1 saturated heterocycles. The summed E-state index contributed by atoms with van der Waals surface area (Å²) in [4.78, 5) is 14.3. The van der Waals surface area contributed by atoms with Crippen LogP contribution in [0.25, 0.3) is 0 Å². The second kappa shape index (κ2) is 11.7. The van der Waals surface area contributed by atoms with E-state index in [0.717, 1.165) is 44.2 Å². The highest BCUT2D eigenvalue weighted by molar-refractivity contribution is 5.77. The van der Waals surface area contributed by atoms with E-state index in [0.29, 0.717) is 25.9 Å². The molecule has 26 heavy (non-hydrogen) atoms. The molecule has 0 radical (unpaired) electrons. The maximum atomic E-state index is 12.3. The largest absolute Gasteiger partial charge is 0.393 e. The van der Waals surface area contributed by atoms with Gasteiger partial charge in [0.15, 0.2) is 0 Å². The molecule has 1 amide bonds. The van der Waals surface area contributed by atoms with Crippen LogP contribution in [0.1, 0.15) is 50.5 Å². The summed E-state index contributed by atoms with van der Waals surface area (Å²) < 4.78 is 5.16. The van der Waals surface area contributed by atoms with Gasteiger partial charge < -0.3 is 14.7 Å². The van der Waals surface area contributed by atoms with E-state index in [1.54, 1.807) is 0 Å². The van der Waals surface area contributed by atoms with Crippen LogP contribution in [-0.4, -0.2) is 47.8 Å². The molecule has 0 spiro atoms. The van der Waals surface area contributed by atoms with Gasteiger partial charge in [0.05, 0.1) is 12.2 Å². The normalized spacial score (nSPS) is 18.5. The third-order valence-electron chi connectivity index (χ3n) is 4.94. The summed E-state index contributed by atoms with van der Waals surface area (Å²) in [5, 5.41) is 18.8. The van der Waals surface area contributed by atoms with E-state index >= 15 is 0 Å². The zero-order chi connectivity index (χ0) is 18.6. The number of rotatable bonds is 11. The van der Waals surface area contributed by atoms with Crippen molar-refractivity contribution in [3.8, 4) is 6.07 Å². The van der Waals surface area contributed by atoms with Crippen LogP contribution in [0.4, 0.5) is 0 Å². The summed E-state index contributed by atoms with van der Waals surface area (Å²) >= 11 is 0. The molecule has 1 aromatic carbocycles. The van der Waals surface area contributed by atoms with Gasteiger partial charge in [-0.1, -0.05) is 30.3 Å². The molecule has 1 aliphatic rings. The van der Waals surface area contributed by atoms with Crippen LogP contribution in [0.3, 0.4) is 0 Å². The topological polar surface area (TPSA) is 73.6 Å². The Balaban J connectivity index is 1.74. The Bertz CT molecular complexity index is 570. The van der Waals surface area contributed by atoms with Crippen molar-refractivity contribution >= 4 is 5.91 Å². The number of piperidine rings is 1. The van der Waals surface area contributed by atoms with Gasteiger partial charge in [-0.2, -0.15) is 5.26 Å². The Morgan fingerprint density at radius 1 is 1.31 bits per heavy atom. The van der Waals surface area contributed by atoms with E-state index < -0.39 is 0 Å². The molecular weight excluding hydrogens is 328 g/mol. The number of amides is 1. The summed E-state index contributed by atoms with van der Waals surface area (Å²) in [5.74, 6) is 0.233. The molecule has 1 heterocycles. The van der Waals surface area contributed by atoms with Gasteiger partial charge in [-0.3, -0.25) is 4.79 Å². The Kier molecular flexibility index (Phi) is 9.16. The average molecular weight is 358 g/mol. The number of aliphatic hydroxyl groups is 1. The lowest BCUT2D eigenvalue weighted by molar-refractivity contribution is -0.136. The number of carbonyl (C=O) groups is 1. The predicted octanol–water partition coefficient (Wildman–Crippen LogP) is 3.07. The lowest BCUT2D eigenvalue weighted by Crippen LogP contribution is -2.44. The van der Waals surface area contributed by atoms with Gasteiger partial charge in [0.2, 0.25) is 5.91 Å². The molecule has 1 fully saturated rings. The van der Waals surface area contributed by atoms with Crippen LogP contribution in [0.2, 0.25) is 0 Å². The van der Waals surface area contributed by atoms with E-state index in [4.69, 9.17) is 10.00 Å². The summed E-state index contributed by atoms with van der Waals surface area (Å²) in [5.41, 5.74) is 1.15. The molecule has 1 aromatic rings. The average Bonchev–Trinajstić information content (AvgIpc) is 2.65. The lowest BCUT2D eigenvalue weighted by Gasteiger charge is -2.36. The third kappa shape index (κ3) is 7.15. The number of nitrogens with zero attached hydrogens (tertiary/aromatic N) is 2. The number of likely N-dealkylation sites (tertiary alicyclic amines) is 1. The predicted molar refractivity (Wildman–Crippen MR) is 100 cm³/mol. The summed E-state index contributed by atoms with van der Waals surface area (Å²) in [7, 11) is 0. The fraction of sp³-hybridized carbons (Fsp3) is 0.619. The molecule has 1 unspecified atom stereocenters. The number of hydrogen-bond donors (Lipinski definition) is 1. The van der Waals surface area contributed by atoms with Crippen molar-refractivity contribution in [2.45, 2.75) is 63.5 Å². The Hall–Kier alpha value is -1.90. The fourth-order valence-corrected chi connectivity index (χ4v) is 3.58. The molecule has 2 atom stereocenters. The highest BCUT2D eigenvalue weighted by Crippen LogP contribution is 2.23. The highest BCUT2D eigenvalue weighted by atomic mass is 16.5. The number of carbonyl (C=O) groups excluding carboxylic acids is 1. The van der Waals surface area contributed by atoms with Crippen LogP contribution >= 0.6 is 0 Å². The van der Waals surface area contributed by atoms with Crippen molar-refractivity contribution in [2.75, 3.05) is 19.8 Å². The maximum absolute atomic E-state index is 12.3. The summed E-state index contributed by atoms with van der Waals surface area (Å²) in [6.07, 6.45) is 6.21. The summed E-state index contributed by atoms with van der Waals surface area (Å²) in [6.45, 7) is 1.44. The van der Waals surface area contributed by atoms with Gasteiger partial charge in [0, 0.05) is 25.6 Å². The van der Waals surface area contributed by atoms with Crippen molar-refractivity contribution < 1.29 is 14.6 Å². The first-order chi connectivity index (χ1) is 12.7. The van der Waals surface area contributed by atoms with Gasteiger partial charge in [-0.25, -0.2) is 0 Å². The number of unbranched alkanes of at least 4 members (excludes halogenated alkanes) is 1. The monoisotopic (exact) mass is 358 g/mol. The minimum Gasteiger partial charge on any atom is -0.393 e. The quantitative estimate of drug-likeness (QED) is 0.617. The second-order valence-corrected chi connectivity index (χ2v) is 6.97. The van der Waals surface area contributed by atoms with E-state index in [9.17, 15) is 9.90 Å². The molecule has 0 aromatic heterocycles.